The minimum absolute atomic E-state index is 0.162. The molecule has 0 aliphatic heterocycles. The summed E-state index contributed by atoms with van der Waals surface area (Å²) in [5.41, 5.74) is 1.07. The van der Waals surface area contributed by atoms with Crippen molar-refractivity contribution >= 4 is 17.6 Å². The normalized spacial score (nSPS) is 10.1. The Morgan fingerprint density at radius 1 is 1.25 bits per heavy atom. The summed E-state index contributed by atoms with van der Waals surface area (Å²) in [5, 5.41) is 11.5. The molecule has 1 heterocycles. The molecule has 0 radical (unpaired) electrons. The molecular weight excluding hydrogens is 262 g/mol. The molecule has 0 spiro atoms. The molecule has 0 saturated carbocycles. The fraction of sp³-hybridized carbons (Fsp3) is 0.143. The van der Waals surface area contributed by atoms with Crippen LogP contribution in [0.2, 0.25) is 0 Å². The van der Waals surface area contributed by atoms with Gasteiger partial charge in [0.25, 0.3) is 0 Å². The number of rotatable bonds is 4. The van der Waals surface area contributed by atoms with E-state index in [2.05, 4.69) is 5.32 Å². The number of methoxy groups -OCH3 is 1. The molecule has 0 saturated heterocycles. The zero-order valence-corrected chi connectivity index (χ0v) is 11.0. The first kappa shape index (κ1) is 13.7. The van der Waals surface area contributed by atoms with E-state index < -0.39 is 5.97 Å². The van der Waals surface area contributed by atoms with Gasteiger partial charge in [-0.05, 0) is 24.3 Å². The third kappa shape index (κ3) is 2.80. The number of carbonyl (C=O) groups excluding carboxylic acids is 1. The molecule has 2 rings (SSSR count). The lowest BCUT2D eigenvalue weighted by atomic mass is 10.1. The number of aromatic carboxylic acids is 1. The Kier molecular flexibility index (Phi) is 3.74. The number of carboxylic acid groups (broad SMARTS) is 1. The van der Waals surface area contributed by atoms with Crippen LogP contribution in [0, 0.1) is 0 Å². The number of carbonyl (C=O) groups is 2. The summed E-state index contributed by atoms with van der Waals surface area (Å²) in [5.74, 6) is -0.628. The number of amides is 1. The van der Waals surface area contributed by atoms with Crippen LogP contribution >= 0.6 is 0 Å². The van der Waals surface area contributed by atoms with Gasteiger partial charge in [0, 0.05) is 18.6 Å². The van der Waals surface area contributed by atoms with Crippen molar-refractivity contribution in [2.75, 3.05) is 12.4 Å². The van der Waals surface area contributed by atoms with Gasteiger partial charge in [-0.3, -0.25) is 4.79 Å². The summed E-state index contributed by atoms with van der Waals surface area (Å²) >= 11 is 0. The summed E-state index contributed by atoms with van der Waals surface area (Å²) in [4.78, 5) is 22.1. The van der Waals surface area contributed by atoms with Gasteiger partial charge in [0.15, 0.2) is 0 Å². The molecule has 0 fully saturated rings. The molecule has 0 aliphatic carbocycles. The lowest BCUT2D eigenvalue weighted by Crippen LogP contribution is -2.07. The van der Waals surface area contributed by atoms with Crippen molar-refractivity contribution < 1.29 is 23.8 Å². The summed E-state index contributed by atoms with van der Waals surface area (Å²) in [6.45, 7) is 1.38. The van der Waals surface area contributed by atoms with Crippen molar-refractivity contribution in [2.45, 2.75) is 6.92 Å². The van der Waals surface area contributed by atoms with Crippen molar-refractivity contribution in [3.63, 3.8) is 0 Å². The number of anilines is 1. The van der Waals surface area contributed by atoms with Gasteiger partial charge in [-0.2, -0.15) is 0 Å². The molecule has 0 bridgehead atoms. The van der Waals surface area contributed by atoms with Gasteiger partial charge in [0.2, 0.25) is 11.7 Å². The number of hydrogen-bond donors (Lipinski definition) is 2. The van der Waals surface area contributed by atoms with Crippen molar-refractivity contribution in [3.05, 3.63) is 36.1 Å². The second-order valence-corrected chi connectivity index (χ2v) is 4.06. The fourth-order valence-corrected chi connectivity index (χ4v) is 1.76. The molecule has 6 nitrogen and oxygen atoms in total. The van der Waals surface area contributed by atoms with E-state index in [1.807, 2.05) is 0 Å². The number of nitrogens with one attached hydrogen (secondary N) is 1. The van der Waals surface area contributed by atoms with Crippen molar-refractivity contribution in [2.24, 2.45) is 0 Å². The minimum Gasteiger partial charge on any atom is -0.497 e. The SMILES string of the molecule is COc1ccc(-c2ccc(C(=O)O)o2)c(NC(C)=O)c1. The predicted molar refractivity (Wildman–Crippen MR) is 72.0 cm³/mol. The van der Waals surface area contributed by atoms with Crippen LogP contribution in [0.1, 0.15) is 17.5 Å². The van der Waals surface area contributed by atoms with Crippen LogP contribution in [0.3, 0.4) is 0 Å². The average molecular weight is 275 g/mol. The zero-order chi connectivity index (χ0) is 14.7. The van der Waals surface area contributed by atoms with Crippen LogP contribution in [0.4, 0.5) is 5.69 Å². The van der Waals surface area contributed by atoms with E-state index >= 15 is 0 Å². The second-order valence-electron chi connectivity index (χ2n) is 4.06. The van der Waals surface area contributed by atoms with Gasteiger partial charge in [0.1, 0.15) is 11.5 Å². The highest BCUT2D eigenvalue weighted by Crippen LogP contribution is 2.32. The Balaban J connectivity index is 2.47. The summed E-state index contributed by atoms with van der Waals surface area (Å²) in [7, 11) is 1.52. The van der Waals surface area contributed by atoms with E-state index in [1.165, 1.54) is 26.2 Å². The number of carboxylic acids is 1. The molecule has 1 amide bonds. The summed E-state index contributed by atoms with van der Waals surface area (Å²) < 4.78 is 10.3. The second kappa shape index (κ2) is 5.48. The van der Waals surface area contributed by atoms with Crippen LogP contribution < -0.4 is 10.1 Å². The Bertz CT molecular complexity index is 659. The molecule has 0 aliphatic rings. The smallest absolute Gasteiger partial charge is 0.371 e. The molecule has 104 valence electrons. The van der Waals surface area contributed by atoms with Crippen molar-refractivity contribution in [3.8, 4) is 17.1 Å². The molecule has 6 heteroatoms. The number of furan rings is 1. The monoisotopic (exact) mass is 275 g/mol. The zero-order valence-electron chi connectivity index (χ0n) is 11.0. The van der Waals surface area contributed by atoms with Crippen LogP contribution in [-0.2, 0) is 4.79 Å². The summed E-state index contributed by atoms with van der Waals surface area (Å²) in [6.07, 6.45) is 0. The van der Waals surface area contributed by atoms with Crippen LogP contribution in [-0.4, -0.2) is 24.1 Å². The lowest BCUT2D eigenvalue weighted by Gasteiger charge is -2.10. The molecule has 2 aromatic rings. The minimum atomic E-state index is -1.15. The van der Waals surface area contributed by atoms with E-state index in [0.717, 1.165) is 0 Å². The first-order valence-corrected chi connectivity index (χ1v) is 5.80. The maximum Gasteiger partial charge on any atom is 0.371 e. The molecule has 0 atom stereocenters. The fourth-order valence-electron chi connectivity index (χ4n) is 1.76. The standard InChI is InChI=1S/C14H13NO5/c1-8(16)15-11-7-9(19-2)3-4-10(11)12-5-6-13(20-12)14(17)18/h3-7H,1-2H3,(H,15,16)(H,17,18). The number of benzene rings is 1. The molecule has 1 aromatic carbocycles. The molecule has 2 N–H and O–H groups in total. The highest BCUT2D eigenvalue weighted by molar-refractivity contribution is 5.94. The van der Waals surface area contributed by atoms with Gasteiger partial charge >= 0.3 is 5.97 Å². The highest BCUT2D eigenvalue weighted by atomic mass is 16.5. The maximum atomic E-state index is 11.2. The molecule has 0 unspecified atom stereocenters. The predicted octanol–water partition coefficient (Wildman–Crippen LogP) is 2.61. The third-order valence-corrected chi connectivity index (χ3v) is 2.62. The van der Waals surface area contributed by atoms with E-state index in [4.69, 9.17) is 14.3 Å². The third-order valence-electron chi connectivity index (χ3n) is 2.62. The Hall–Kier alpha value is -2.76. The Morgan fingerprint density at radius 3 is 2.55 bits per heavy atom. The van der Waals surface area contributed by atoms with Crippen molar-refractivity contribution in [1.29, 1.82) is 0 Å². The summed E-state index contributed by atoms with van der Waals surface area (Å²) in [6, 6.07) is 7.92. The Morgan fingerprint density at radius 2 is 2.00 bits per heavy atom. The van der Waals surface area contributed by atoms with Gasteiger partial charge < -0.3 is 19.6 Å². The van der Waals surface area contributed by atoms with Gasteiger partial charge in [-0.15, -0.1) is 0 Å². The molecule has 20 heavy (non-hydrogen) atoms. The quantitative estimate of drug-likeness (QED) is 0.895. The maximum absolute atomic E-state index is 11.2. The van der Waals surface area contributed by atoms with Gasteiger partial charge in [-0.25, -0.2) is 4.79 Å². The van der Waals surface area contributed by atoms with Crippen LogP contribution in [0.5, 0.6) is 5.75 Å². The molecule has 1 aromatic heterocycles. The van der Waals surface area contributed by atoms with E-state index in [-0.39, 0.29) is 11.7 Å². The average Bonchev–Trinajstić information content (AvgIpc) is 2.87. The van der Waals surface area contributed by atoms with E-state index in [0.29, 0.717) is 22.8 Å². The van der Waals surface area contributed by atoms with Gasteiger partial charge in [0.05, 0.1) is 12.8 Å². The number of hydrogen-bond acceptors (Lipinski definition) is 4. The van der Waals surface area contributed by atoms with E-state index in [1.54, 1.807) is 18.2 Å². The van der Waals surface area contributed by atoms with Crippen LogP contribution in [0.15, 0.2) is 34.7 Å². The Labute approximate surface area is 115 Å². The van der Waals surface area contributed by atoms with Crippen LogP contribution in [0.25, 0.3) is 11.3 Å². The van der Waals surface area contributed by atoms with Gasteiger partial charge in [-0.1, -0.05) is 0 Å². The lowest BCUT2D eigenvalue weighted by molar-refractivity contribution is -0.114. The molecular formula is C14H13NO5. The topological polar surface area (TPSA) is 88.8 Å². The van der Waals surface area contributed by atoms with E-state index in [9.17, 15) is 9.59 Å². The first-order chi connectivity index (χ1) is 9.51. The first-order valence-electron chi connectivity index (χ1n) is 5.80. The number of ether oxygens (including phenoxy) is 1. The largest absolute Gasteiger partial charge is 0.497 e. The highest BCUT2D eigenvalue weighted by Gasteiger charge is 2.14. The van der Waals surface area contributed by atoms with Crippen molar-refractivity contribution in [1.82, 2.24) is 0 Å².